The Morgan fingerprint density at radius 1 is 1.26 bits per heavy atom. The normalized spacial score (nSPS) is 21.2. The molecule has 106 valence electrons. The van der Waals surface area contributed by atoms with Crippen molar-refractivity contribution in [1.82, 2.24) is 5.32 Å². The fourth-order valence-corrected chi connectivity index (χ4v) is 2.48. The highest BCUT2D eigenvalue weighted by Crippen LogP contribution is 2.24. The van der Waals surface area contributed by atoms with Crippen LogP contribution in [0.1, 0.15) is 44.2 Å². The third-order valence-corrected chi connectivity index (χ3v) is 3.62. The molecule has 2 unspecified atom stereocenters. The molecule has 1 aromatic rings. The Hall–Kier alpha value is -1.26. The quantitative estimate of drug-likeness (QED) is 0.766. The molecule has 2 atom stereocenters. The van der Waals surface area contributed by atoms with Crippen LogP contribution in [0.4, 0.5) is 0 Å². The zero-order chi connectivity index (χ0) is 13.7. The third kappa shape index (κ3) is 4.40. The molecule has 0 aliphatic carbocycles. The van der Waals surface area contributed by atoms with Crippen LogP contribution in [0.2, 0.25) is 0 Å². The number of aromatic hydroxyl groups is 2. The van der Waals surface area contributed by atoms with Crippen molar-refractivity contribution in [2.45, 2.75) is 44.8 Å². The Morgan fingerprint density at radius 2 is 2.00 bits per heavy atom. The predicted molar refractivity (Wildman–Crippen MR) is 74.4 cm³/mol. The van der Waals surface area contributed by atoms with Crippen molar-refractivity contribution in [1.29, 1.82) is 0 Å². The van der Waals surface area contributed by atoms with Gasteiger partial charge < -0.3 is 20.3 Å². The lowest BCUT2D eigenvalue weighted by Crippen LogP contribution is -2.27. The van der Waals surface area contributed by atoms with Crippen LogP contribution in [-0.4, -0.2) is 29.5 Å². The summed E-state index contributed by atoms with van der Waals surface area (Å²) >= 11 is 0. The standard InChI is InChI=1S/C15H23NO3/c1-11(12-8-13(17)10-14(18)9-12)16-6-5-15-4-2-3-7-19-15/h8-11,15-18H,2-7H2,1H3. The van der Waals surface area contributed by atoms with E-state index < -0.39 is 0 Å². The highest BCUT2D eigenvalue weighted by molar-refractivity contribution is 5.37. The molecule has 3 N–H and O–H groups in total. The Morgan fingerprint density at radius 3 is 2.63 bits per heavy atom. The molecule has 1 fully saturated rings. The molecule has 4 heteroatoms. The van der Waals surface area contributed by atoms with Crippen LogP contribution in [0.25, 0.3) is 0 Å². The number of phenols is 2. The van der Waals surface area contributed by atoms with Crippen molar-refractivity contribution >= 4 is 0 Å². The highest BCUT2D eigenvalue weighted by Gasteiger charge is 2.14. The molecule has 4 nitrogen and oxygen atoms in total. The number of hydrogen-bond donors (Lipinski definition) is 3. The monoisotopic (exact) mass is 265 g/mol. The second kappa shape index (κ2) is 6.78. The lowest BCUT2D eigenvalue weighted by atomic mass is 10.0. The van der Waals surface area contributed by atoms with Crippen LogP contribution in [0.3, 0.4) is 0 Å². The summed E-state index contributed by atoms with van der Waals surface area (Å²) in [5, 5.41) is 22.3. The molecule has 0 saturated carbocycles. The maximum absolute atomic E-state index is 9.46. The molecule has 0 radical (unpaired) electrons. The number of nitrogens with one attached hydrogen (secondary N) is 1. The van der Waals surface area contributed by atoms with Crippen molar-refractivity contribution in [2.24, 2.45) is 0 Å². The maximum Gasteiger partial charge on any atom is 0.119 e. The van der Waals surface area contributed by atoms with Gasteiger partial charge in [0.25, 0.3) is 0 Å². The predicted octanol–water partition coefficient (Wildman–Crippen LogP) is 2.71. The van der Waals surface area contributed by atoms with E-state index in [1.807, 2.05) is 6.92 Å². The van der Waals surface area contributed by atoms with Crippen molar-refractivity contribution in [2.75, 3.05) is 13.2 Å². The third-order valence-electron chi connectivity index (χ3n) is 3.62. The molecule has 0 aromatic heterocycles. The summed E-state index contributed by atoms with van der Waals surface area (Å²) in [4.78, 5) is 0. The number of ether oxygens (including phenoxy) is 1. The molecule has 0 amide bonds. The first-order valence-corrected chi connectivity index (χ1v) is 7.03. The fourth-order valence-electron chi connectivity index (χ4n) is 2.48. The smallest absolute Gasteiger partial charge is 0.119 e. The summed E-state index contributed by atoms with van der Waals surface area (Å²) in [5.74, 6) is 0.193. The van der Waals surface area contributed by atoms with Crippen LogP contribution in [0.15, 0.2) is 18.2 Å². The van der Waals surface area contributed by atoms with E-state index in [-0.39, 0.29) is 17.5 Å². The first-order valence-electron chi connectivity index (χ1n) is 7.03. The molecular formula is C15H23NO3. The van der Waals surface area contributed by atoms with Crippen molar-refractivity contribution in [3.63, 3.8) is 0 Å². The zero-order valence-electron chi connectivity index (χ0n) is 11.4. The molecule has 1 aromatic carbocycles. The van der Waals surface area contributed by atoms with Gasteiger partial charge in [0.2, 0.25) is 0 Å². The topological polar surface area (TPSA) is 61.7 Å². The lowest BCUT2D eigenvalue weighted by molar-refractivity contribution is 0.0112. The van der Waals surface area contributed by atoms with Crippen molar-refractivity contribution in [3.8, 4) is 11.5 Å². The number of hydrogen-bond acceptors (Lipinski definition) is 4. The minimum Gasteiger partial charge on any atom is -0.508 e. The first kappa shape index (κ1) is 14.2. The second-order valence-corrected chi connectivity index (χ2v) is 5.24. The van der Waals surface area contributed by atoms with Crippen LogP contribution < -0.4 is 5.32 Å². The van der Waals surface area contributed by atoms with Crippen LogP contribution in [0, 0.1) is 0 Å². The molecule has 0 bridgehead atoms. The SMILES string of the molecule is CC(NCCC1CCCCO1)c1cc(O)cc(O)c1. The Labute approximate surface area is 114 Å². The van der Waals surface area contributed by atoms with E-state index in [4.69, 9.17) is 4.74 Å². The van der Waals surface area contributed by atoms with E-state index in [2.05, 4.69) is 5.32 Å². The van der Waals surface area contributed by atoms with Crippen molar-refractivity contribution in [3.05, 3.63) is 23.8 Å². The van der Waals surface area contributed by atoms with Gasteiger partial charge in [-0.3, -0.25) is 0 Å². The largest absolute Gasteiger partial charge is 0.508 e. The summed E-state index contributed by atoms with van der Waals surface area (Å²) in [6, 6.07) is 4.79. The van der Waals surface area contributed by atoms with E-state index in [0.717, 1.165) is 31.6 Å². The van der Waals surface area contributed by atoms with E-state index in [1.165, 1.54) is 18.9 Å². The molecule has 1 aliphatic rings. The van der Waals surface area contributed by atoms with E-state index >= 15 is 0 Å². The van der Waals surface area contributed by atoms with Gasteiger partial charge in [0.1, 0.15) is 11.5 Å². The summed E-state index contributed by atoms with van der Waals surface area (Å²) in [6.07, 6.45) is 4.99. The Kier molecular flexibility index (Phi) is 5.05. The van der Waals surface area contributed by atoms with Gasteiger partial charge in [-0.15, -0.1) is 0 Å². The van der Waals surface area contributed by atoms with Crippen molar-refractivity contribution < 1.29 is 14.9 Å². The fraction of sp³-hybridized carbons (Fsp3) is 0.600. The second-order valence-electron chi connectivity index (χ2n) is 5.24. The van der Waals surface area contributed by atoms with Gasteiger partial charge in [0.05, 0.1) is 6.10 Å². The first-order chi connectivity index (χ1) is 9.15. The lowest BCUT2D eigenvalue weighted by Gasteiger charge is -2.23. The summed E-state index contributed by atoms with van der Waals surface area (Å²) < 4.78 is 5.68. The Balaban J connectivity index is 1.78. The maximum atomic E-state index is 9.46. The van der Waals surface area contributed by atoms with Crippen LogP contribution in [0.5, 0.6) is 11.5 Å². The minimum atomic E-state index is 0.0965. The molecule has 19 heavy (non-hydrogen) atoms. The van der Waals surface area contributed by atoms with Gasteiger partial charge in [-0.1, -0.05) is 0 Å². The van der Waals surface area contributed by atoms with E-state index in [0.29, 0.717) is 6.10 Å². The number of phenolic OH excluding ortho intramolecular Hbond substituents is 2. The van der Waals surface area contributed by atoms with Crippen LogP contribution in [-0.2, 0) is 4.74 Å². The highest BCUT2D eigenvalue weighted by atomic mass is 16.5. The molecule has 1 aliphatic heterocycles. The average molecular weight is 265 g/mol. The molecule has 1 saturated heterocycles. The number of benzene rings is 1. The van der Waals surface area contributed by atoms with Gasteiger partial charge in [0.15, 0.2) is 0 Å². The molecule has 2 rings (SSSR count). The van der Waals surface area contributed by atoms with Crippen LogP contribution >= 0.6 is 0 Å². The van der Waals surface area contributed by atoms with Gasteiger partial charge in [-0.2, -0.15) is 0 Å². The van der Waals surface area contributed by atoms with Gasteiger partial charge in [-0.25, -0.2) is 0 Å². The van der Waals surface area contributed by atoms with E-state index in [9.17, 15) is 10.2 Å². The summed E-state index contributed by atoms with van der Waals surface area (Å²) in [7, 11) is 0. The minimum absolute atomic E-state index is 0.0965. The van der Waals surface area contributed by atoms with Gasteiger partial charge in [0, 0.05) is 18.7 Å². The van der Waals surface area contributed by atoms with E-state index in [1.54, 1.807) is 12.1 Å². The summed E-state index contributed by atoms with van der Waals surface area (Å²) in [6.45, 7) is 3.79. The van der Waals surface area contributed by atoms with Gasteiger partial charge in [-0.05, 0) is 56.8 Å². The Bertz CT molecular complexity index is 382. The molecule has 1 heterocycles. The molecule has 0 spiro atoms. The summed E-state index contributed by atoms with van der Waals surface area (Å²) in [5.41, 5.74) is 0.891. The van der Waals surface area contributed by atoms with Gasteiger partial charge >= 0.3 is 0 Å². The number of rotatable bonds is 5. The zero-order valence-corrected chi connectivity index (χ0v) is 11.4. The average Bonchev–Trinajstić information content (AvgIpc) is 2.38. The molecular weight excluding hydrogens is 242 g/mol.